The zero-order valence-electron chi connectivity index (χ0n) is 10.9. The standard InChI is InChI=1S/C15H11ClN2O3/c16-11-2-1-3-13(7-11)21-9-12-8-18-5-4-10(15(19)20)6-14(18)17-12/h1-8H,9H2,(H,19,20). The third-order valence-electron chi connectivity index (χ3n) is 2.94. The second kappa shape index (κ2) is 5.46. The van der Waals surface area contributed by atoms with Crippen LogP contribution in [-0.4, -0.2) is 20.5 Å². The van der Waals surface area contributed by atoms with Crippen LogP contribution in [-0.2, 0) is 6.61 Å². The second-order valence-corrected chi connectivity index (χ2v) is 4.90. The van der Waals surface area contributed by atoms with Crippen molar-refractivity contribution in [1.29, 1.82) is 0 Å². The molecule has 0 atom stereocenters. The van der Waals surface area contributed by atoms with Gasteiger partial charge in [-0.3, -0.25) is 0 Å². The Bertz CT molecular complexity index is 814. The van der Waals surface area contributed by atoms with Crippen LogP contribution in [0.15, 0.2) is 48.8 Å². The summed E-state index contributed by atoms with van der Waals surface area (Å²) in [7, 11) is 0. The number of aromatic carboxylic acids is 1. The lowest BCUT2D eigenvalue weighted by Crippen LogP contribution is -1.97. The number of ether oxygens (including phenoxy) is 1. The highest BCUT2D eigenvalue weighted by molar-refractivity contribution is 6.30. The number of hydrogen-bond acceptors (Lipinski definition) is 3. The van der Waals surface area contributed by atoms with E-state index < -0.39 is 5.97 Å². The van der Waals surface area contributed by atoms with Gasteiger partial charge in [-0.1, -0.05) is 17.7 Å². The number of benzene rings is 1. The van der Waals surface area contributed by atoms with Crippen molar-refractivity contribution >= 4 is 23.2 Å². The molecule has 0 aliphatic rings. The Balaban J connectivity index is 1.80. The van der Waals surface area contributed by atoms with E-state index >= 15 is 0 Å². The summed E-state index contributed by atoms with van der Waals surface area (Å²) in [6, 6.07) is 10.2. The highest BCUT2D eigenvalue weighted by Crippen LogP contribution is 2.18. The zero-order chi connectivity index (χ0) is 14.8. The number of rotatable bonds is 4. The molecule has 21 heavy (non-hydrogen) atoms. The maximum absolute atomic E-state index is 10.9. The van der Waals surface area contributed by atoms with Gasteiger partial charge in [0.15, 0.2) is 0 Å². The number of pyridine rings is 1. The number of nitrogens with zero attached hydrogens (tertiary/aromatic N) is 2. The fourth-order valence-electron chi connectivity index (χ4n) is 1.95. The maximum atomic E-state index is 10.9. The van der Waals surface area contributed by atoms with Crippen LogP contribution in [0.25, 0.3) is 5.65 Å². The van der Waals surface area contributed by atoms with Gasteiger partial charge in [0, 0.05) is 17.4 Å². The summed E-state index contributed by atoms with van der Waals surface area (Å²) >= 11 is 5.88. The first-order valence-corrected chi connectivity index (χ1v) is 6.59. The van der Waals surface area contributed by atoms with Crippen molar-refractivity contribution in [2.45, 2.75) is 6.61 Å². The molecule has 0 saturated heterocycles. The number of aromatic nitrogens is 2. The molecule has 1 N–H and O–H groups in total. The Morgan fingerprint density at radius 1 is 1.33 bits per heavy atom. The fraction of sp³-hybridized carbons (Fsp3) is 0.0667. The number of fused-ring (bicyclic) bond motifs is 1. The van der Waals surface area contributed by atoms with Gasteiger partial charge in [-0.05, 0) is 30.3 Å². The molecule has 0 saturated carbocycles. The summed E-state index contributed by atoms with van der Waals surface area (Å²) in [4.78, 5) is 15.3. The van der Waals surface area contributed by atoms with E-state index in [4.69, 9.17) is 21.4 Å². The van der Waals surface area contributed by atoms with Gasteiger partial charge in [0.2, 0.25) is 0 Å². The molecule has 0 radical (unpaired) electrons. The van der Waals surface area contributed by atoms with Crippen molar-refractivity contribution < 1.29 is 14.6 Å². The number of hydrogen-bond donors (Lipinski definition) is 1. The molecule has 0 unspecified atom stereocenters. The van der Waals surface area contributed by atoms with E-state index in [0.29, 0.717) is 22.1 Å². The Morgan fingerprint density at radius 2 is 2.19 bits per heavy atom. The molecule has 3 rings (SSSR count). The van der Waals surface area contributed by atoms with Crippen LogP contribution in [0.2, 0.25) is 5.02 Å². The Kier molecular flexibility index (Phi) is 3.50. The van der Waals surface area contributed by atoms with Crippen LogP contribution in [0.1, 0.15) is 16.1 Å². The van der Waals surface area contributed by atoms with E-state index in [-0.39, 0.29) is 12.2 Å². The molecule has 2 heterocycles. The summed E-state index contributed by atoms with van der Waals surface area (Å²) in [6.45, 7) is 0.282. The van der Waals surface area contributed by atoms with Crippen molar-refractivity contribution in [3.8, 4) is 5.75 Å². The summed E-state index contributed by atoms with van der Waals surface area (Å²) in [6.07, 6.45) is 3.46. The van der Waals surface area contributed by atoms with E-state index in [9.17, 15) is 4.79 Å². The normalized spacial score (nSPS) is 10.7. The monoisotopic (exact) mass is 302 g/mol. The molecule has 2 aromatic heterocycles. The van der Waals surface area contributed by atoms with Gasteiger partial charge >= 0.3 is 5.97 Å². The number of carboxylic acid groups (broad SMARTS) is 1. The quantitative estimate of drug-likeness (QED) is 0.803. The third-order valence-corrected chi connectivity index (χ3v) is 3.17. The summed E-state index contributed by atoms with van der Waals surface area (Å²) in [5.74, 6) is -0.317. The van der Waals surface area contributed by atoms with Crippen molar-refractivity contribution in [3.63, 3.8) is 0 Å². The third kappa shape index (κ3) is 2.98. The lowest BCUT2D eigenvalue weighted by atomic mass is 10.3. The molecule has 0 aliphatic carbocycles. The molecule has 0 aliphatic heterocycles. The molecule has 0 fully saturated rings. The van der Waals surface area contributed by atoms with Crippen molar-refractivity contribution in [2.75, 3.05) is 0 Å². The van der Waals surface area contributed by atoms with Gasteiger partial charge in [-0.15, -0.1) is 0 Å². The topological polar surface area (TPSA) is 63.8 Å². The Morgan fingerprint density at radius 3 is 2.95 bits per heavy atom. The molecule has 3 aromatic rings. The highest BCUT2D eigenvalue weighted by atomic mass is 35.5. The minimum absolute atomic E-state index is 0.204. The van der Waals surface area contributed by atoms with Crippen LogP contribution in [0.5, 0.6) is 5.75 Å². The first kappa shape index (κ1) is 13.5. The Hall–Kier alpha value is -2.53. The van der Waals surface area contributed by atoms with Gasteiger partial charge in [-0.2, -0.15) is 0 Å². The van der Waals surface area contributed by atoms with Gasteiger partial charge < -0.3 is 14.2 Å². The average Bonchev–Trinajstić information content (AvgIpc) is 2.87. The first-order chi connectivity index (χ1) is 10.1. The van der Waals surface area contributed by atoms with Crippen LogP contribution in [0, 0.1) is 0 Å². The predicted molar refractivity (Wildman–Crippen MR) is 77.9 cm³/mol. The van der Waals surface area contributed by atoms with Gasteiger partial charge in [-0.25, -0.2) is 9.78 Å². The average molecular weight is 303 g/mol. The number of carbonyl (C=O) groups is 1. The number of halogens is 1. The van der Waals surface area contributed by atoms with Crippen molar-refractivity contribution in [3.05, 3.63) is 65.1 Å². The SMILES string of the molecule is O=C(O)c1ccn2cc(COc3cccc(Cl)c3)nc2c1. The van der Waals surface area contributed by atoms with Crippen molar-refractivity contribution in [1.82, 2.24) is 9.38 Å². The summed E-state index contributed by atoms with van der Waals surface area (Å²) < 4.78 is 7.36. The van der Waals surface area contributed by atoms with Crippen LogP contribution >= 0.6 is 11.6 Å². The van der Waals surface area contributed by atoms with Gasteiger partial charge in [0.1, 0.15) is 18.0 Å². The van der Waals surface area contributed by atoms with Crippen LogP contribution in [0.3, 0.4) is 0 Å². The first-order valence-electron chi connectivity index (χ1n) is 6.21. The molecule has 1 aromatic carbocycles. The molecular weight excluding hydrogens is 292 g/mol. The van der Waals surface area contributed by atoms with Crippen molar-refractivity contribution in [2.24, 2.45) is 0 Å². The van der Waals surface area contributed by atoms with E-state index in [1.54, 1.807) is 35.0 Å². The largest absolute Gasteiger partial charge is 0.487 e. The van der Waals surface area contributed by atoms with Gasteiger partial charge in [0.25, 0.3) is 0 Å². The smallest absolute Gasteiger partial charge is 0.335 e. The van der Waals surface area contributed by atoms with E-state index in [2.05, 4.69) is 4.98 Å². The van der Waals surface area contributed by atoms with E-state index in [1.165, 1.54) is 12.1 Å². The van der Waals surface area contributed by atoms with E-state index in [0.717, 1.165) is 0 Å². The maximum Gasteiger partial charge on any atom is 0.335 e. The molecular formula is C15H11ClN2O3. The zero-order valence-corrected chi connectivity index (χ0v) is 11.6. The molecule has 0 amide bonds. The number of carboxylic acids is 1. The summed E-state index contributed by atoms with van der Waals surface area (Å²) in [5.41, 5.74) is 1.48. The lowest BCUT2D eigenvalue weighted by Gasteiger charge is -2.03. The summed E-state index contributed by atoms with van der Waals surface area (Å²) in [5, 5.41) is 9.56. The minimum Gasteiger partial charge on any atom is -0.487 e. The molecule has 5 nitrogen and oxygen atoms in total. The molecule has 6 heteroatoms. The molecule has 0 bridgehead atoms. The minimum atomic E-state index is -0.975. The van der Waals surface area contributed by atoms with Crippen LogP contribution < -0.4 is 4.74 Å². The van der Waals surface area contributed by atoms with Crippen LogP contribution in [0.4, 0.5) is 0 Å². The van der Waals surface area contributed by atoms with Gasteiger partial charge in [0.05, 0.1) is 11.3 Å². The highest BCUT2D eigenvalue weighted by Gasteiger charge is 2.07. The predicted octanol–water partition coefficient (Wildman–Crippen LogP) is 3.26. The molecule has 0 spiro atoms. The lowest BCUT2D eigenvalue weighted by molar-refractivity contribution is 0.0697. The number of imidazole rings is 1. The van der Waals surface area contributed by atoms with E-state index in [1.807, 2.05) is 6.07 Å². The molecule has 106 valence electrons. The fourth-order valence-corrected chi connectivity index (χ4v) is 2.13. The Labute approximate surface area is 125 Å². The second-order valence-electron chi connectivity index (χ2n) is 4.46.